The van der Waals surface area contributed by atoms with Crippen molar-refractivity contribution < 1.29 is 9.90 Å². The molecular weight excluding hydrogens is 194 g/mol. The number of aromatic nitrogens is 1. The summed E-state index contributed by atoms with van der Waals surface area (Å²) in [7, 11) is 0. The number of nitrogens with one attached hydrogen (secondary N) is 1. The molecule has 0 aromatic carbocycles. The van der Waals surface area contributed by atoms with E-state index in [9.17, 15) is 9.59 Å². The van der Waals surface area contributed by atoms with Crippen molar-refractivity contribution in [3.63, 3.8) is 0 Å². The van der Waals surface area contributed by atoms with E-state index in [2.05, 4.69) is 4.98 Å². The summed E-state index contributed by atoms with van der Waals surface area (Å²) < 4.78 is 0. The molecule has 1 aliphatic carbocycles. The molecule has 1 aromatic rings. The maximum atomic E-state index is 11.0. The lowest BCUT2D eigenvalue weighted by molar-refractivity contribution is 0.0688. The van der Waals surface area contributed by atoms with Crippen LogP contribution in [0.15, 0.2) is 16.9 Å². The lowest BCUT2D eigenvalue weighted by atomic mass is 9.96. The van der Waals surface area contributed by atoms with Crippen molar-refractivity contribution in [2.45, 2.75) is 31.6 Å². The minimum atomic E-state index is -1.05. The topological polar surface area (TPSA) is 70.2 Å². The lowest BCUT2D eigenvalue weighted by Gasteiger charge is -2.11. The third kappa shape index (κ3) is 1.93. The maximum Gasteiger partial charge on any atom is 0.352 e. The van der Waals surface area contributed by atoms with E-state index in [0.29, 0.717) is 5.92 Å². The quantitative estimate of drug-likeness (QED) is 0.775. The number of carbonyl (C=O) groups is 1. The zero-order valence-corrected chi connectivity index (χ0v) is 8.32. The van der Waals surface area contributed by atoms with Crippen LogP contribution in [0.1, 0.15) is 47.7 Å². The van der Waals surface area contributed by atoms with Gasteiger partial charge in [0.25, 0.3) is 0 Å². The molecule has 0 spiro atoms. The lowest BCUT2D eigenvalue weighted by Crippen LogP contribution is -2.15. The minimum absolute atomic E-state index is 0.0643. The molecule has 1 heterocycles. The summed E-state index contributed by atoms with van der Waals surface area (Å²) in [6.07, 6.45) is 4.32. The van der Waals surface area contributed by atoms with Gasteiger partial charge < -0.3 is 10.1 Å². The first-order valence-corrected chi connectivity index (χ1v) is 5.15. The fourth-order valence-corrected chi connectivity index (χ4v) is 2.24. The monoisotopic (exact) mass is 207 g/mol. The van der Waals surface area contributed by atoms with Crippen LogP contribution in [-0.4, -0.2) is 16.1 Å². The molecule has 1 aliphatic rings. The van der Waals surface area contributed by atoms with Crippen molar-refractivity contribution in [2.24, 2.45) is 0 Å². The van der Waals surface area contributed by atoms with Crippen LogP contribution in [0.4, 0.5) is 0 Å². The second kappa shape index (κ2) is 3.88. The van der Waals surface area contributed by atoms with Crippen LogP contribution in [0.2, 0.25) is 0 Å². The van der Waals surface area contributed by atoms with Crippen molar-refractivity contribution in [2.75, 3.05) is 0 Å². The van der Waals surface area contributed by atoms with Gasteiger partial charge in [-0.3, -0.25) is 4.79 Å². The van der Waals surface area contributed by atoms with Gasteiger partial charge in [0.1, 0.15) is 5.69 Å². The standard InChI is InChI=1S/C11H13NO3/c13-9-6-5-8(7-3-1-2-4-7)10(12-9)11(14)15/h5-7H,1-4H2,(H,12,13)(H,14,15). The SMILES string of the molecule is O=C(O)c1[nH]c(=O)ccc1C1CCCC1. The second-order valence-corrected chi connectivity index (χ2v) is 3.94. The number of pyridine rings is 1. The molecule has 2 N–H and O–H groups in total. The molecule has 4 nitrogen and oxygen atoms in total. The maximum absolute atomic E-state index is 11.0. The number of H-pyrrole nitrogens is 1. The first-order valence-electron chi connectivity index (χ1n) is 5.15. The Bertz CT molecular complexity index is 430. The fraction of sp³-hybridized carbons (Fsp3) is 0.455. The van der Waals surface area contributed by atoms with Gasteiger partial charge in [-0.05, 0) is 24.3 Å². The van der Waals surface area contributed by atoms with Crippen LogP contribution in [-0.2, 0) is 0 Å². The van der Waals surface area contributed by atoms with E-state index in [4.69, 9.17) is 5.11 Å². The van der Waals surface area contributed by atoms with E-state index in [1.807, 2.05) is 0 Å². The molecule has 0 atom stereocenters. The predicted octanol–water partition coefficient (Wildman–Crippen LogP) is 1.73. The highest BCUT2D eigenvalue weighted by molar-refractivity contribution is 5.87. The largest absolute Gasteiger partial charge is 0.477 e. The number of carboxylic acids is 1. The van der Waals surface area contributed by atoms with Gasteiger partial charge in [0.05, 0.1) is 0 Å². The molecule has 0 bridgehead atoms. The summed E-state index contributed by atoms with van der Waals surface area (Å²) in [6.45, 7) is 0. The summed E-state index contributed by atoms with van der Waals surface area (Å²) in [5, 5.41) is 8.98. The Morgan fingerprint density at radius 1 is 1.33 bits per heavy atom. The molecule has 0 unspecified atom stereocenters. The van der Waals surface area contributed by atoms with E-state index in [0.717, 1.165) is 31.2 Å². The molecule has 0 amide bonds. The first kappa shape index (κ1) is 9.96. The van der Waals surface area contributed by atoms with Crippen molar-refractivity contribution in [1.82, 2.24) is 4.98 Å². The summed E-state index contributed by atoms with van der Waals surface area (Å²) in [5.74, 6) is -0.748. The van der Waals surface area contributed by atoms with Crippen LogP contribution in [0, 0.1) is 0 Å². The molecular formula is C11H13NO3. The van der Waals surface area contributed by atoms with Gasteiger partial charge in [-0.1, -0.05) is 18.9 Å². The van der Waals surface area contributed by atoms with Crippen LogP contribution in [0.25, 0.3) is 0 Å². The smallest absolute Gasteiger partial charge is 0.352 e. The van der Waals surface area contributed by atoms with Gasteiger partial charge in [-0.25, -0.2) is 4.79 Å². The number of hydrogen-bond donors (Lipinski definition) is 2. The van der Waals surface area contributed by atoms with Crippen molar-refractivity contribution >= 4 is 5.97 Å². The molecule has 0 saturated heterocycles. The Hall–Kier alpha value is -1.58. The van der Waals surface area contributed by atoms with Crippen molar-refractivity contribution in [3.05, 3.63) is 33.7 Å². The Labute approximate surface area is 87.0 Å². The zero-order chi connectivity index (χ0) is 10.8. The first-order chi connectivity index (χ1) is 7.18. The predicted molar refractivity (Wildman–Crippen MR) is 55.2 cm³/mol. The number of aromatic carboxylic acids is 1. The molecule has 2 rings (SSSR count). The number of hydrogen-bond acceptors (Lipinski definition) is 2. The molecule has 4 heteroatoms. The average molecular weight is 207 g/mol. The average Bonchev–Trinajstić information content (AvgIpc) is 2.70. The third-order valence-electron chi connectivity index (χ3n) is 2.96. The van der Waals surface area contributed by atoms with Crippen molar-refractivity contribution in [3.8, 4) is 0 Å². The number of rotatable bonds is 2. The van der Waals surface area contributed by atoms with E-state index in [1.54, 1.807) is 6.07 Å². The van der Waals surface area contributed by atoms with Crippen LogP contribution >= 0.6 is 0 Å². The second-order valence-electron chi connectivity index (χ2n) is 3.94. The van der Waals surface area contributed by atoms with E-state index in [-0.39, 0.29) is 11.3 Å². The van der Waals surface area contributed by atoms with Crippen molar-refractivity contribution in [1.29, 1.82) is 0 Å². The van der Waals surface area contributed by atoms with E-state index in [1.165, 1.54) is 6.07 Å². The molecule has 15 heavy (non-hydrogen) atoms. The van der Waals surface area contributed by atoms with Crippen LogP contribution in [0.5, 0.6) is 0 Å². The highest BCUT2D eigenvalue weighted by Crippen LogP contribution is 2.34. The summed E-state index contributed by atoms with van der Waals surface area (Å²) in [4.78, 5) is 24.4. The molecule has 0 radical (unpaired) electrons. The van der Waals surface area contributed by atoms with Crippen LogP contribution in [0.3, 0.4) is 0 Å². The van der Waals surface area contributed by atoms with Gasteiger partial charge in [-0.2, -0.15) is 0 Å². The molecule has 0 aliphatic heterocycles. The summed E-state index contributed by atoms with van der Waals surface area (Å²) in [6, 6.07) is 3.05. The molecule has 1 saturated carbocycles. The Morgan fingerprint density at radius 3 is 2.60 bits per heavy atom. The Morgan fingerprint density at radius 2 is 2.00 bits per heavy atom. The Kier molecular flexibility index (Phi) is 2.58. The number of aromatic amines is 1. The van der Waals surface area contributed by atoms with Gasteiger partial charge in [0.15, 0.2) is 0 Å². The molecule has 1 aromatic heterocycles. The molecule has 1 fully saturated rings. The Balaban J connectivity index is 2.45. The normalized spacial score (nSPS) is 16.8. The number of carboxylic acid groups (broad SMARTS) is 1. The fourth-order valence-electron chi connectivity index (χ4n) is 2.24. The zero-order valence-electron chi connectivity index (χ0n) is 8.32. The third-order valence-corrected chi connectivity index (χ3v) is 2.96. The molecule has 80 valence electrons. The van der Waals surface area contributed by atoms with E-state index >= 15 is 0 Å². The van der Waals surface area contributed by atoms with E-state index < -0.39 is 5.97 Å². The van der Waals surface area contributed by atoms with Gasteiger partial charge >= 0.3 is 5.97 Å². The summed E-state index contributed by atoms with van der Waals surface area (Å²) in [5.41, 5.74) is 0.489. The highest BCUT2D eigenvalue weighted by Gasteiger charge is 2.22. The van der Waals surface area contributed by atoms with Gasteiger partial charge in [0, 0.05) is 6.07 Å². The highest BCUT2D eigenvalue weighted by atomic mass is 16.4. The van der Waals surface area contributed by atoms with Gasteiger partial charge in [0.2, 0.25) is 5.56 Å². The van der Waals surface area contributed by atoms with Gasteiger partial charge in [-0.15, -0.1) is 0 Å². The van der Waals surface area contributed by atoms with Crippen LogP contribution < -0.4 is 5.56 Å². The minimum Gasteiger partial charge on any atom is -0.477 e. The summed E-state index contributed by atoms with van der Waals surface area (Å²) >= 11 is 0.